The van der Waals surface area contributed by atoms with Crippen LogP contribution in [0.3, 0.4) is 0 Å². The Kier molecular flexibility index (Phi) is 17.8. The molecule has 0 radical (unpaired) electrons. The summed E-state index contributed by atoms with van der Waals surface area (Å²) in [6, 6.07) is 15.7. The molecule has 12 heteroatoms. The van der Waals surface area contributed by atoms with Crippen LogP contribution < -0.4 is 42.4 Å². The Hall–Kier alpha value is -4.71. The number of carbonyl (C=O) groups excluding carboxylic acids is 4. The van der Waals surface area contributed by atoms with Gasteiger partial charge in [0.1, 0.15) is 17.6 Å². The fraction of sp³-hybridized carbons (Fsp3) is 0.467. The maximum absolute atomic E-state index is 14.2. The number of aliphatic hydroxyl groups excluding tert-OH is 1. The molecule has 0 heterocycles. The molecule has 4 N–H and O–H groups in total. The lowest BCUT2D eigenvalue weighted by atomic mass is 9.81. The van der Waals surface area contributed by atoms with E-state index in [-0.39, 0.29) is 61.0 Å². The number of hydrogen-bond donors (Lipinski definition) is 3. The van der Waals surface area contributed by atoms with Gasteiger partial charge in [0.25, 0.3) is 0 Å². The Morgan fingerprint density at radius 2 is 1.39 bits per heavy atom. The molecule has 1 amide bonds. The van der Waals surface area contributed by atoms with Crippen molar-refractivity contribution in [3.05, 3.63) is 82.9 Å². The first-order valence-corrected chi connectivity index (χ1v) is 19.3. The number of nitrogens with two attached hydrogens (primary N) is 1. The maximum atomic E-state index is 14.2. The van der Waals surface area contributed by atoms with E-state index >= 15 is 0 Å². The number of halogens is 1. The molecule has 4 unspecified atom stereocenters. The monoisotopic (exact) mass is 805 g/mol. The van der Waals surface area contributed by atoms with Crippen LogP contribution in [0, 0.1) is 23.7 Å². The molecule has 0 saturated carbocycles. The molecule has 310 valence electrons. The summed E-state index contributed by atoms with van der Waals surface area (Å²) in [5.41, 5.74) is 10.3. The van der Waals surface area contributed by atoms with Crippen LogP contribution in [0.5, 0.6) is 23.0 Å². The number of amides is 1. The van der Waals surface area contributed by atoms with Crippen molar-refractivity contribution in [3.8, 4) is 23.0 Å². The van der Waals surface area contributed by atoms with Gasteiger partial charge in [-0.3, -0.25) is 19.2 Å². The van der Waals surface area contributed by atoms with Crippen LogP contribution in [0.4, 0.5) is 5.69 Å². The maximum Gasteiger partial charge on any atom is 0.228 e. The summed E-state index contributed by atoms with van der Waals surface area (Å²) in [5, 5.41) is 13.9. The van der Waals surface area contributed by atoms with Gasteiger partial charge in [0.15, 0.2) is 23.1 Å². The Morgan fingerprint density at radius 1 is 0.772 bits per heavy atom. The van der Waals surface area contributed by atoms with E-state index in [0.717, 1.165) is 16.7 Å². The second kappa shape index (κ2) is 21.7. The van der Waals surface area contributed by atoms with E-state index in [1.165, 1.54) is 21.3 Å². The van der Waals surface area contributed by atoms with Crippen molar-refractivity contribution in [1.82, 2.24) is 0 Å². The number of hydrogen-bond acceptors (Lipinski definition) is 10. The SMILES string of the molecule is COc1ccc(C2=CC(=O)CCc3c2cc(OC)c(OC)c3OC)cc1NC(=O)C(CC(=O)C(CC(=O)C(O)C(N)Cc1ccccc1)CC(C)C)CC(C)C.[Cl-]. The van der Waals surface area contributed by atoms with Gasteiger partial charge in [-0.2, -0.15) is 0 Å². The number of anilines is 1. The predicted molar refractivity (Wildman–Crippen MR) is 217 cm³/mol. The second-order valence-electron chi connectivity index (χ2n) is 15.4. The van der Waals surface area contributed by atoms with E-state index in [2.05, 4.69) is 5.32 Å². The van der Waals surface area contributed by atoms with Crippen LogP contribution >= 0.6 is 0 Å². The van der Waals surface area contributed by atoms with E-state index in [0.29, 0.717) is 65.5 Å². The van der Waals surface area contributed by atoms with Crippen molar-refractivity contribution in [2.75, 3.05) is 33.8 Å². The quantitative estimate of drug-likeness (QED) is 0.153. The van der Waals surface area contributed by atoms with E-state index in [9.17, 15) is 24.3 Å². The molecule has 3 aromatic carbocycles. The molecule has 1 aliphatic carbocycles. The number of ether oxygens (including phenoxy) is 4. The lowest BCUT2D eigenvalue weighted by molar-refractivity contribution is -0.134. The standard InChI is InChI=1S/C45H58N2O9.ClH/c1-26(2)18-30(22-39(50)42(51)36(46)20-28-12-10-9-11-13-28)38(49)23-31(19-27(3)4)45(52)47-37-21-29(14-17-40(37)53-5)34-24-32(48)15-16-33-35(34)25-41(54-6)44(56-8)43(33)55-7;/h9-14,17,21,24-27,30-31,36,42,51H,15-16,18-20,22-23,46H2,1-8H3,(H,47,52);1H/p-1. The van der Waals surface area contributed by atoms with E-state index in [1.807, 2.05) is 70.2 Å². The van der Waals surface area contributed by atoms with Crippen molar-refractivity contribution in [2.45, 2.75) is 84.8 Å². The Balaban J connectivity index is 0.00000870. The number of methoxy groups -OCH3 is 4. The zero-order chi connectivity index (χ0) is 41.1. The highest BCUT2D eigenvalue weighted by Crippen LogP contribution is 2.47. The van der Waals surface area contributed by atoms with Crippen molar-refractivity contribution in [2.24, 2.45) is 29.4 Å². The summed E-state index contributed by atoms with van der Waals surface area (Å²) >= 11 is 0. The number of nitrogens with one attached hydrogen (secondary N) is 1. The van der Waals surface area contributed by atoms with E-state index in [1.54, 1.807) is 25.3 Å². The molecule has 0 bridgehead atoms. The summed E-state index contributed by atoms with van der Waals surface area (Å²) in [7, 11) is 6.10. The fourth-order valence-electron chi connectivity index (χ4n) is 7.47. The number of allylic oxidation sites excluding steroid dienone is 1. The Morgan fingerprint density at radius 3 is 1.98 bits per heavy atom. The fourth-order valence-corrected chi connectivity index (χ4v) is 7.47. The molecule has 11 nitrogen and oxygen atoms in total. The number of aliphatic hydroxyl groups is 1. The Bertz CT molecular complexity index is 1890. The van der Waals surface area contributed by atoms with Crippen molar-refractivity contribution < 1.29 is 55.6 Å². The van der Waals surface area contributed by atoms with Crippen LogP contribution in [-0.4, -0.2) is 68.9 Å². The number of rotatable bonds is 20. The molecule has 4 rings (SSSR count). The lowest BCUT2D eigenvalue weighted by Gasteiger charge is -2.24. The molecule has 0 saturated heterocycles. The van der Waals surface area contributed by atoms with Crippen molar-refractivity contribution in [3.63, 3.8) is 0 Å². The third-order valence-corrected chi connectivity index (χ3v) is 10.2. The highest BCUT2D eigenvalue weighted by Gasteiger charge is 2.33. The minimum absolute atomic E-state index is 0. The third-order valence-electron chi connectivity index (χ3n) is 10.2. The normalized spacial score (nSPS) is 14.6. The largest absolute Gasteiger partial charge is 1.00 e. The first-order chi connectivity index (χ1) is 26.7. The van der Waals surface area contributed by atoms with Gasteiger partial charge in [0, 0.05) is 42.7 Å². The minimum Gasteiger partial charge on any atom is -1.00 e. The van der Waals surface area contributed by atoms with Gasteiger partial charge in [-0.25, -0.2) is 0 Å². The number of benzene rings is 3. The van der Waals surface area contributed by atoms with Crippen molar-refractivity contribution in [1.29, 1.82) is 0 Å². The number of ketones is 3. The summed E-state index contributed by atoms with van der Waals surface area (Å²) in [4.78, 5) is 54.6. The number of carbonyl (C=O) groups is 4. The molecule has 0 fully saturated rings. The second-order valence-corrected chi connectivity index (χ2v) is 15.4. The van der Waals surface area contributed by atoms with Crippen molar-refractivity contribution >= 4 is 34.5 Å². The first kappa shape index (κ1) is 46.7. The molecular weight excluding hydrogens is 748 g/mol. The van der Waals surface area contributed by atoms with Gasteiger partial charge < -0.3 is 47.5 Å². The summed E-state index contributed by atoms with van der Waals surface area (Å²) < 4.78 is 22.7. The molecule has 0 aromatic heterocycles. The van der Waals surface area contributed by atoms with Crippen LogP contribution in [0.25, 0.3) is 5.57 Å². The smallest absolute Gasteiger partial charge is 0.228 e. The van der Waals surface area contributed by atoms with Crippen LogP contribution in [-0.2, 0) is 32.0 Å². The Labute approximate surface area is 343 Å². The van der Waals surface area contributed by atoms with E-state index < -0.39 is 29.8 Å². The molecule has 0 aliphatic heterocycles. The highest BCUT2D eigenvalue weighted by molar-refractivity contribution is 6.04. The van der Waals surface area contributed by atoms with Crippen LogP contribution in [0.15, 0.2) is 60.7 Å². The minimum atomic E-state index is -1.43. The number of fused-ring (bicyclic) bond motifs is 1. The lowest BCUT2D eigenvalue weighted by Crippen LogP contribution is -3.00. The molecule has 57 heavy (non-hydrogen) atoms. The number of Topliss-reactive ketones (excluding diaryl/α,β-unsaturated/α-hetero) is 2. The molecule has 0 spiro atoms. The highest BCUT2D eigenvalue weighted by atomic mass is 35.5. The average molecular weight is 806 g/mol. The zero-order valence-electron chi connectivity index (χ0n) is 34.4. The average Bonchev–Trinajstić information content (AvgIpc) is 3.34. The van der Waals surface area contributed by atoms with Crippen LogP contribution in [0.1, 0.15) is 82.1 Å². The summed E-state index contributed by atoms with van der Waals surface area (Å²) in [6.45, 7) is 7.91. The molecule has 3 aromatic rings. The predicted octanol–water partition coefficient (Wildman–Crippen LogP) is 3.78. The topological polar surface area (TPSA) is 163 Å². The van der Waals surface area contributed by atoms with Gasteiger partial charge in [-0.05, 0) is 84.1 Å². The third kappa shape index (κ3) is 12.1. The molecule has 4 atom stereocenters. The zero-order valence-corrected chi connectivity index (χ0v) is 35.1. The van der Waals surface area contributed by atoms with Gasteiger partial charge >= 0.3 is 0 Å². The molecule has 1 aliphatic rings. The summed E-state index contributed by atoms with van der Waals surface area (Å²) in [5.74, 6) is -0.640. The first-order valence-electron chi connectivity index (χ1n) is 19.3. The molecular formula is C45H58ClN2O9-. The van der Waals surface area contributed by atoms with Gasteiger partial charge in [0.05, 0.1) is 34.1 Å². The van der Waals surface area contributed by atoms with Gasteiger partial charge in [-0.15, -0.1) is 0 Å². The van der Waals surface area contributed by atoms with E-state index in [4.69, 9.17) is 24.7 Å². The van der Waals surface area contributed by atoms with Crippen LogP contribution in [0.2, 0.25) is 0 Å². The summed E-state index contributed by atoms with van der Waals surface area (Å²) in [6.07, 6.45) is 1.75. The van der Waals surface area contributed by atoms with Gasteiger partial charge in [0.2, 0.25) is 11.7 Å². The van der Waals surface area contributed by atoms with Gasteiger partial charge in [-0.1, -0.05) is 64.1 Å².